The molecule has 0 aliphatic heterocycles. The molecule has 0 aromatic heterocycles. The van der Waals surface area contributed by atoms with Crippen LogP contribution < -0.4 is 5.32 Å². The molecule has 0 heterocycles. The fourth-order valence-electron chi connectivity index (χ4n) is 0.823. The van der Waals surface area contributed by atoms with Crippen LogP contribution >= 0.6 is 11.6 Å². The van der Waals surface area contributed by atoms with Gasteiger partial charge >= 0.3 is 0 Å². The molecule has 0 atom stereocenters. The molecule has 0 spiro atoms. The van der Waals surface area contributed by atoms with E-state index in [-0.39, 0.29) is 5.57 Å². The van der Waals surface area contributed by atoms with Gasteiger partial charge in [0, 0.05) is 16.9 Å². The molecule has 4 heteroatoms. The van der Waals surface area contributed by atoms with Crippen LogP contribution in [0.1, 0.15) is 0 Å². The van der Waals surface area contributed by atoms with Crippen LogP contribution in [-0.4, -0.2) is 0 Å². The van der Waals surface area contributed by atoms with Crippen molar-refractivity contribution in [3.8, 4) is 12.1 Å². The Labute approximate surface area is 86.8 Å². The maximum absolute atomic E-state index is 8.45. The number of nitrogens with one attached hydrogen (secondary N) is 1. The molecule has 0 radical (unpaired) electrons. The Hall–Kier alpha value is -1.97. The van der Waals surface area contributed by atoms with Crippen LogP contribution in [0.25, 0.3) is 0 Å². The molecular weight excluding hydrogens is 198 g/mol. The molecule has 1 N–H and O–H groups in total. The minimum Gasteiger partial charge on any atom is -0.360 e. The van der Waals surface area contributed by atoms with Crippen molar-refractivity contribution in [2.45, 2.75) is 0 Å². The van der Waals surface area contributed by atoms with Crippen LogP contribution in [0.5, 0.6) is 0 Å². The smallest absolute Gasteiger partial charge is 0.145 e. The van der Waals surface area contributed by atoms with Gasteiger partial charge in [0.15, 0.2) is 0 Å². The molecule has 68 valence electrons. The van der Waals surface area contributed by atoms with Crippen LogP contribution in [-0.2, 0) is 0 Å². The first-order valence-corrected chi connectivity index (χ1v) is 4.16. The monoisotopic (exact) mass is 203 g/mol. The lowest BCUT2D eigenvalue weighted by atomic mass is 10.3. The minimum atomic E-state index is 0.0185. The normalized spacial score (nSPS) is 8.21. The van der Waals surface area contributed by atoms with Gasteiger partial charge in [-0.25, -0.2) is 0 Å². The van der Waals surface area contributed by atoms with Gasteiger partial charge in [-0.1, -0.05) is 17.7 Å². The number of nitrogens with zero attached hydrogens (tertiary/aromatic N) is 2. The highest BCUT2D eigenvalue weighted by Gasteiger charge is 1.93. The predicted octanol–water partition coefficient (Wildman–Crippen LogP) is 2.68. The first-order chi connectivity index (χ1) is 6.76. The maximum Gasteiger partial charge on any atom is 0.145 e. The molecule has 0 bridgehead atoms. The van der Waals surface area contributed by atoms with Crippen molar-refractivity contribution in [2.75, 3.05) is 5.32 Å². The summed E-state index contributed by atoms with van der Waals surface area (Å²) >= 11 is 5.74. The molecule has 1 aromatic carbocycles. The van der Waals surface area contributed by atoms with Gasteiger partial charge in [-0.15, -0.1) is 0 Å². The van der Waals surface area contributed by atoms with Crippen LogP contribution in [0.2, 0.25) is 5.02 Å². The third kappa shape index (κ3) is 2.82. The molecule has 0 amide bonds. The summed E-state index contributed by atoms with van der Waals surface area (Å²) in [5.41, 5.74) is 0.755. The van der Waals surface area contributed by atoms with Crippen LogP contribution in [0.3, 0.4) is 0 Å². The maximum atomic E-state index is 8.45. The van der Waals surface area contributed by atoms with Crippen molar-refractivity contribution in [1.29, 1.82) is 10.5 Å². The molecular formula is C10H6ClN3. The van der Waals surface area contributed by atoms with Gasteiger partial charge in [-0.3, -0.25) is 0 Å². The van der Waals surface area contributed by atoms with Crippen molar-refractivity contribution in [3.05, 3.63) is 41.1 Å². The summed E-state index contributed by atoms with van der Waals surface area (Å²) in [6.07, 6.45) is 1.34. The lowest BCUT2D eigenvalue weighted by Crippen LogP contribution is -1.88. The van der Waals surface area contributed by atoms with Crippen molar-refractivity contribution in [3.63, 3.8) is 0 Å². The summed E-state index contributed by atoms with van der Waals surface area (Å²) in [6.45, 7) is 0. The van der Waals surface area contributed by atoms with E-state index in [0.717, 1.165) is 5.69 Å². The predicted molar refractivity (Wildman–Crippen MR) is 54.4 cm³/mol. The first kappa shape index (κ1) is 10.1. The number of allylic oxidation sites excluding steroid dienone is 1. The van der Waals surface area contributed by atoms with Gasteiger partial charge in [0.25, 0.3) is 0 Å². The number of hydrogen-bond acceptors (Lipinski definition) is 3. The summed E-state index contributed by atoms with van der Waals surface area (Å²) in [6, 6.07) is 10.5. The van der Waals surface area contributed by atoms with Crippen molar-refractivity contribution >= 4 is 17.3 Å². The van der Waals surface area contributed by atoms with Gasteiger partial charge in [0.05, 0.1) is 0 Å². The van der Waals surface area contributed by atoms with E-state index in [1.807, 2.05) is 0 Å². The van der Waals surface area contributed by atoms with E-state index in [9.17, 15) is 0 Å². The third-order valence-electron chi connectivity index (χ3n) is 1.45. The van der Waals surface area contributed by atoms with Crippen molar-refractivity contribution in [2.24, 2.45) is 0 Å². The Bertz CT molecular complexity index is 421. The molecule has 0 fully saturated rings. The van der Waals surface area contributed by atoms with Crippen molar-refractivity contribution < 1.29 is 0 Å². The van der Waals surface area contributed by atoms with E-state index >= 15 is 0 Å². The van der Waals surface area contributed by atoms with Gasteiger partial charge in [0.2, 0.25) is 0 Å². The number of nitriles is 2. The van der Waals surface area contributed by atoms with Crippen LogP contribution in [0, 0.1) is 22.7 Å². The fraction of sp³-hybridized carbons (Fsp3) is 0. The Morgan fingerprint density at radius 1 is 1.36 bits per heavy atom. The highest BCUT2D eigenvalue weighted by molar-refractivity contribution is 6.30. The van der Waals surface area contributed by atoms with Crippen molar-refractivity contribution in [1.82, 2.24) is 0 Å². The number of rotatable bonds is 2. The highest BCUT2D eigenvalue weighted by atomic mass is 35.5. The SMILES string of the molecule is N#CC(C#N)=CNc1cccc(Cl)c1. The summed E-state index contributed by atoms with van der Waals surface area (Å²) in [7, 11) is 0. The number of anilines is 1. The number of halogens is 1. The third-order valence-corrected chi connectivity index (χ3v) is 1.68. The quantitative estimate of drug-likeness (QED) is 0.752. The van der Waals surface area contributed by atoms with E-state index in [4.69, 9.17) is 22.1 Å². The van der Waals surface area contributed by atoms with E-state index in [1.54, 1.807) is 36.4 Å². The summed E-state index contributed by atoms with van der Waals surface area (Å²) < 4.78 is 0. The molecule has 0 unspecified atom stereocenters. The van der Waals surface area contributed by atoms with Gasteiger partial charge in [-0.2, -0.15) is 10.5 Å². The fourth-order valence-corrected chi connectivity index (χ4v) is 1.01. The average molecular weight is 204 g/mol. The molecule has 0 saturated carbocycles. The summed E-state index contributed by atoms with van der Waals surface area (Å²) in [5, 5.41) is 20.3. The minimum absolute atomic E-state index is 0.0185. The highest BCUT2D eigenvalue weighted by Crippen LogP contribution is 2.14. The van der Waals surface area contributed by atoms with E-state index in [1.165, 1.54) is 6.20 Å². The summed E-state index contributed by atoms with van der Waals surface area (Å²) in [5.74, 6) is 0. The lowest BCUT2D eigenvalue weighted by Gasteiger charge is -1.99. The molecule has 1 rings (SSSR count). The standard InChI is InChI=1S/C10H6ClN3/c11-9-2-1-3-10(4-9)14-7-8(5-12)6-13/h1-4,7,14H. The van der Waals surface area contributed by atoms with Gasteiger partial charge in [-0.05, 0) is 18.2 Å². The number of hydrogen-bond donors (Lipinski definition) is 1. The zero-order valence-electron chi connectivity index (χ0n) is 7.16. The Morgan fingerprint density at radius 2 is 2.07 bits per heavy atom. The Kier molecular flexibility index (Phi) is 3.55. The van der Waals surface area contributed by atoms with Gasteiger partial charge in [0.1, 0.15) is 17.7 Å². The zero-order valence-corrected chi connectivity index (χ0v) is 7.92. The van der Waals surface area contributed by atoms with Crippen LogP contribution in [0.15, 0.2) is 36.0 Å². The molecule has 14 heavy (non-hydrogen) atoms. The molecule has 0 aliphatic carbocycles. The molecule has 3 nitrogen and oxygen atoms in total. The van der Waals surface area contributed by atoms with E-state index < -0.39 is 0 Å². The molecule has 1 aromatic rings. The average Bonchev–Trinajstić information content (AvgIpc) is 2.19. The van der Waals surface area contributed by atoms with E-state index in [2.05, 4.69) is 5.32 Å². The number of benzene rings is 1. The lowest BCUT2D eigenvalue weighted by molar-refractivity contribution is 1.44. The zero-order chi connectivity index (χ0) is 10.4. The Balaban J connectivity index is 2.77. The van der Waals surface area contributed by atoms with E-state index in [0.29, 0.717) is 5.02 Å². The first-order valence-electron chi connectivity index (χ1n) is 3.78. The molecule has 0 aliphatic rings. The molecule has 0 saturated heterocycles. The second-order valence-corrected chi connectivity index (χ2v) is 2.87. The van der Waals surface area contributed by atoms with Crippen LogP contribution in [0.4, 0.5) is 5.69 Å². The second kappa shape index (κ2) is 4.91. The topological polar surface area (TPSA) is 59.6 Å². The van der Waals surface area contributed by atoms with Gasteiger partial charge < -0.3 is 5.32 Å². The Morgan fingerprint density at radius 3 is 2.64 bits per heavy atom. The largest absolute Gasteiger partial charge is 0.360 e. The summed E-state index contributed by atoms with van der Waals surface area (Å²) in [4.78, 5) is 0. The second-order valence-electron chi connectivity index (χ2n) is 2.44.